The van der Waals surface area contributed by atoms with Crippen molar-refractivity contribution < 1.29 is 14.3 Å². The Bertz CT molecular complexity index is 759. The smallest absolute Gasteiger partial charge is 0.227 e. The molecule has 1 unspecified atom stereocenters. The number of methoxy groups -OCH3 is 1. The number of carbonyl (C=O) groups is 2. The Labute approximate surface area is 144 Å². The SMILES string of the molecule is COCCCNC(=O)C1CC(=O)N(c2ccc3sc(C)nc3c2)C1. The fraction of sp³-hybridized carbons (Fsp3) is 0.471. The molecule has 0 bridgehead atoms. The van der Waals surface area contributed by atoms with Crippen molar-refractivity contribution in [2.75, 3.05) is 31.7 Å². The molecular weight excluding hydrogens is 326 g/mol. The molecule has 2 aromatic rings. The van der Waals surface area contributed by atoms with Crippen molar-refractivity contribution in [2.45, 2.75) is 19.8 Å². The number of anilines is 1. The Hall–Kier alpha value is -1.99. The highest BCUT2D eigenvalue weighted by Gasteiger charge is 2.35. The summed E-state index contributed by atoms with van der Waals surface area (Å²) >= 11 is 1.63. The summed E-state index contributed by atoms with van der Waals surface area (Å²) in [5.74, 6) is -0.376. The van der Waals surface area contributed by atoms with Crippen molar-refractivity contribution in [3.05, 3.63) is 23.2 Å². The van der Waals surface area contributed by atoms with Crippen LogP contribution in [0, 0.1) is 12.8 Å². The fourth-order valence-electron chi connectivity index (χ4n) is 2.90. The van der Waals surface area contributed by atoms with Crippen LogP contribution in [-0.2, 0) is 14.3 Å². The topological polar surface area (TPSA) is 71.5 Å². The highest BCUT2D eigenvalue weighted by molar-refractivity contribution is 7.18. The lowest BCUT2D eigenvalue weighted by Crippen LogP contribution is -2.33. The van der Waals surface area contributed by atoms with Gasteiger partial charge in [-0.15, -0.1) is 11.3 Å². The second kappa shape index (κ2) is 7.27. The minimum absolute atomic E-state index is 0.0154. The van der Waals surface area contributed by atoms with Crippen LogP contribution >= 0.6 is 11.3 Å². The van der Waals surface area contributed by atoms with Gasteiger partial charge in [0.2, 0.25) is 11.8 Å². The monoisotopic (exact) mass is 347 g/mol. The van der Waals surface area contributed by atoms with Gasteiger partial charge in [0, 0.05) is 38.9 Å². The van der Waals surface area contributed by atoms with Gasteiger partial charge in [0.05, 0.1) is 21.1 Å². The van der Waals surface area contributed by atoms with Crippen molar-refractivity contribution in [3.8, 4) is 0 Å². The number of amides is 2. The Kier molecular flexibility index (Phi) is 5.11. The highest BCUT2D eigenvalue weighted by Crippen LogP contribution is 2.30. The maximum atomic E-state index is 12.3. The summed E-state index contributed by atoms with van der Waals surface area (Å²) < 4.78 is 6.07. The number of ether oxygens (including phenoxy) is 1. The summed E-state index contributed by atoms with van der Waals surface area (Å²) in [6, 6.07) is 5.84. The van der Waals surface area contributed by atoms with Crippen LogP contribution in [0.5, 0.6) is 0 Å². The lowest BCUT2D eigenvalue weighted by Gasteiger charge is -2.16. The van der Waals surface area contributed by atoms with Crippen LogP contribution in [0.3, 0.4) is 0 Å². The van der Waals surface area contributed by atoms with Crippen LogP contribution in [0.4, 0.5) is 5.69 Å². The first kappa shape index (κ1) is 16.9. The van der Waals surface area contributed by atoms with Crippen LogP contribution in [-0.4, -0.2) is 43.6 Å². The number of fused-ring (bicyclic) bond motifs is 1. The number of carbonyl (C=O) groups excluding carboxylic acids is 2. The molecule has 1 aliphatic rings. The first-order valence-electron chi connectivity index (χ1n) is 8.02. The normalized spacial score (nSPS) is 17.7. The second-order valence-corrected chi connectivity index (χ2v) is 7.16. The molecule has 0 radical (unpaired) electrons. The van der Waals surface area contributed by atoms with Gasteiger partial charge in [-0.3, -0.25) is 9.59 Å². The van der Waals surface area contributed by atoms with Crippen molar-refractivity contribution in [1.29, 1.82) is 0 Å². The molecule has 1 aromatic heterocycles. The van der Waals surface area contributed by atoms with Gasteiger partial charge in [0.1, 0.15) is 0 Å². The van der Waals surface area contributed by atoms with Gasteiger partial charge in [-0.05, 0) is 31.5 Å². The highest BCUT2D eigenvalue weighted by atomic mass is 32.1. The molecule has 2 heterocycles. The van der Waals surface area contributed by atoms with Gasteiger partial charge >= 0.3 is 0 Å². The first-order valence-corrected chi connectivity index (χ1v) is 8.84. The molecule has 1 fully saturated rings. The van der Waals surface area contributed by atoms with Crippen molar-refractivity contribution in [1.82, 2.24) is 10.3 Å². The first-order chi connectivity index (χ1) is 11.6. The van der Waals surface area contributed by atoms with Gasteiger partial charge in [-0.1, -0.05) is 0 Å². The fourth-order valence-corrected chi connectivity index (χ4v) is 3.71. The molecule has 24 heavy (non-hydrogen) atoms. The van der Waals surface area contributed by atoms with E-state index in [-0.39, 0.29) is 24.2 Å². The van der Waals surface area contributed by atoms with Gasteiger partial charge in [-0.2, -0.15) is 0 Å². The molecule has 1 aromatic carbocycles. The van der Waals surface area contributed by atoms with Gasteiger partial charge < -0.3 is 15.0 Å². The van der Waals surface area contributed by atoms with E-state index < -0.39 is 0 Å². The molecule has 0 spiro atoms. The number of rotatable bonds is 6. The molecule has 1 N–H and O–H groups in total. The zero-order valence-corrected chi connectivity index (χ0v) is 14.7. The van der Waals surface area contributed by atoms with E-state index in [1.807, 2.05) is 25.1 Å². The zero-order chi connectivity index (χ0) is 17.1. The summed E-state index contributed by atoms with van der Waals surface area (Å²) in [5, 5.41) is 3.88. The molecule has 3 rings (SSSR count). The van der Waals surface area contributed by atoms with Crippen molar-refractivity contribution >= 4 is 39.1 Å². The Morgan fingerprint density at radius 3 is 3.12 bits per heavy atom. The zero-order valence-electron chi connectivity index (χ0n) is 13.9. The number of benzene rings is 1. The predicted octanol–water partition coefficient (Wildman–Crippen LogP) is 2.11. The van der Waals surface area contributed by atoms with Gasteiger partial charge in [0.25, 0.3) is 0 Å². The molecule has 7 heteroatoms. The number of hydrogen-bond donors (Lipinski definition) is 1. The van der Waals surface area contributed by atoms with E-state index in [1.54, 1.807) is 23.3 Å². The van der Waals surface area contributed by atoms with E-state index in [0.29, 0.717) is 19.7 Å². The van der Waals surface area contributed by atoms with Crippen molar-refractivity contribution in [2.24, 2.45) is 5.92 Å². The summed E-state index contributed by atoms with van der Waals surface area (Å²) in [4.78, 5) is 30.7. The van der Waals surface area contributed by atoms with Crippen LogP contribution in [0.1, 0.15) is 17.8 Å². The van der Waals surface area contributed by atoms with Crippen LogP contribution in [0.15, 0.2) is 18.2 Å². The average Bonchev–Trinajstić information content (AvgIpc) is 3.12. The minimum atomic E-state index is -0.298. The van der Waals surface area contributed by atoms with E-state index in [9.17, 15) is 9.59 Å². The molecule has 128 valence electrons. The third-order valence-electron chi connectivity index (χ3n) is 4.11. The summed E-state index contributed by atoms with van der Waals surface area (Å²) in [6.07, 6.45) is 1.02. The van der Waals surface area contributed by atoms with Crippen LogP contribution < -0.4 is 10.2 Å². The maximum Gasteiger partial charge on any atom is 0.227 e. The standard InChI is InChI=1S/C17H21N3O3S/c1-11-19-14-9-13(4-5-15(14)24-11)20-10-12(8-16(20)21)17(22)18-6-3-7-23-2/h4-5,9,12H,3,6-8,10H2,1-2H3,(H,18,22). The number of nitrogens with zero attached hydrogens (tertiary/aromatic N) is 2. The molecule has 0 aliphatic carbocycles. The predicted molar refractivity (Wildman–Crippen MR) is 94.3 cm³/mol. The lowest BCUT2D eigenvalue weighted by atomic mass is 10.1. The maximum absolute atomic E-state index is 12.3. The van der Waals surface area contributed by atoms with Gasteiger partial charge in [-0.25, -0.2) is 4.98 Å². The number of aryl methyl sites for hydroxylation is 1. The Balaban J connectivity index is 1.66. The largest absolute Gasteiger partial charge is 0.385 e. The number of aromatic nitrogens is 1. The molecule has 0 saturated carbocycles. The quantitative estimate of drug-likeness (QED) is 0.813. The molecule has 1 aliphatic heterocycles. The lowest BCUT2D eigenvalue weighted by molar-refractivity contribution is -0.126. The molecule has 1 atom stereocenters. The summed E-state index contributed by atoms with van der Waals surface area (Å²) in [6.45, 7) is 3.57. The summed E-state index contributed by atoms with van der Waals surface area (Å²) in [7, 11) is 1.63. The number of hydrogen-bond acceptors (Lipinski definition) is 5. The van der Waals surface area contributed by atoms with E-state index in [0.717, 1.165) is 27.3 Å². The molecular formula is C17H21N3O3S. The Morgan fingerprint density at radius 2 is 2.33 bits per heavy atom. The third kappa shape index (κ3) is 3.57. The van der Waals surface area contributed by atoms with E-state index >= 15 is 0 Å². The summed E-state index contributed by atoms with van der Waals surface area (Å²) in [5.41, 5.74) is 1.71. The average molecular weight is 347 g/mol. The van der Waals surface area contributed by atoms with Crippen LogP contribution in [0.2, 0.25) is 0 Å². The third-order valence-corrected chi connectivity index (χ3v) is 5.06. The van der Waals surface area contributed by atoms with E-state index in [4.69, 9.17) is 4.74 Å². The molecule has 2 amide bonds. The van der Waals surface area contributed by atoms with Gasteiger partial charge in [0.15, 0.2) is 0 Å². The Morgan fingerprint density at radius 1 is 1.50 bits per heavy atom. The van der Waals surface area contributed by atoms with Crippen LogP contribution in [0.25, 0.3) is 10.2 Å². The number of nitrogens with one attached hydrogen (secondary N) is 1. The molecule has 1 saturated heterocycles. The molecule has 6 nitrogen and oxygen atoms in total. The second-order valence-electron chi connectivity index (χ2n) is 5.93. The van der Waals surface area contributed by atoms with E-state index in [1.165, 1.54) is 0 Å². The van der Waals surface area contributed by atoms with E-state index in [2.05, 4.69) is 10.3 Å². The minimum Gasteiger partial charge on any atom is -0.385 e. The van der Waals surface area contributed by atoms with Crippen molar-refractivity contribution in [3.63, 3.8) is 0 Å². The number of thiazole rings is 1.